The van der Waals surface area contributed by atoms with Crippen molar-refractivity contribution in [2.24, 2.45) is 0 Å². The number of hydrogen-bond donors (Lipinski definition) is 0. The largest absolute Gasteiger partial charge is 0.249 e. The van der Waals surface area contributed by atoms with E-state index in [0.717, 1.165) is 6.42 Å². The summed E-state index contributed by atoms with van der Waals surface area (Å²) in [7, 11) is -3.83. The Labute approximate surface area is 135 Å². The maximum absolute atomic E-state index is 14.1. The lowest BCUT2D eigenvalue weighted by atomic mass is 10.1. The van der Waals surface area contributed by atoms with Gasteiger partial charge >= 0.3 is 0 Å². The smallest absolute Gasteiger partial charge is 0.246 e. The van der Waals surface area contributed by atoms with Crippen LogP contribution in [0.2, 0.25) is 0 Å². The average Bonchev–Trinajstić information content (AvgIpc) is 2.91. The molecule has 6 nitrogen and oxygen atoms in total. The number of hydrogen-bond acceptors (Lipinski definition) is 4. The number of sulfonamides is 1. The molecule has 8 heteroatoms. The van der Waals surface area contributed by atoms with E-state index in [1.807, 2.05) is 0 Å². The van der Waals surface area contributed by atoms with E-state index < -0.39 is 15.8 Å². The SMILES string of the molecule is Cc1cccc(F)c1S(=O)(=O)N1CCCC(n2ccnn2)CC1. The number of benzene rings is 1. The summed E-state index contributed by atoms with van der Waals surface area (Å²) >= 11 is 0. The minimum Gasteiger partial charge on any atom is -0.249 e. The highest BCUT2D eigenvalue weighted by molar-refractivity contribution is 7.89. The van der Waals surface area contributed by atoms with E-state index in [1.165, 1.54) is 16.4 Å². The predicted octanol–water partition coefficient (Wildman–Crippen LogP) is 2.14. The van der Waals surface area contributed by atoms with Crippen molar-refractivity contribution in [3.63, 3.8) is 0 Å². The Morgan fingerprint density at radius 2 is 2.09 bits per heavy atom. The molecule has 1 aliphatic rings. The number of aromatic nitrogens is 3. The van der Waals surface area contributed by atoms with Crippen molar-refractivity contribution in [2.45, 2.75) is 37.1 Å². The molecular formula is C15H19FN4O2S. The van der Waals surface area contributed by atoms with Crippen molar-refractivity contribution in [3.8, 4) is 0 Å². The molecule has 0 bridgehead atoms. The highest BCUT2D eigenvalue weighted by Crippen LogP contribution is 2.28. The molecular weight excluding hydrogens is 319 g/mol. The molecule has 1 aromatic heterocycles. The van der Waals surface area contributed by atoms with E-state index >= 15 is 0 Å². The molecule has 1 saturated heterocycles. The van der Waals surface area contributed by atoms with Gasteiger partial charge in [0.25, 0.3) is 0 Å². The fraction of sp³-hybridized carbons (Fsp3) is 0.467. The van der Waals surface area contributed by atoms with E-state index in [9.17, 15) is 12.8 Å². The van der Waals surface area contributed by atoms with Gasteiger partial charge in [0.15, 0.2) is 0 Å². The third-order valence-electron chi connectivity index (χ3n) is 4.23. The third-order valence-corrected chi connectivity index (χ3v) is 6.31. The van der Waals surface area contributed by atoms with Crippen molar-refractivity contribution in [1.29, 1.82) is 0 Å². The first-order valence-electron chi connectivity index (χ1n) is 7.61. The van der Waals surface area contributed by atoms with Crippen LogP contribution in [0.5, 0.6) is 0 Å². The Morgan fingerprint density at radius 1 is 1.26 bits per heavy atom. The first kappa shape index (κ1) is 16.1. The van der Waals surface area contributed by atoms with Crippen LogP contribution in [0, 0.1) is 12.7 Å². The van der Waals surface area contributed by atoms with Gasteiger partial charge in [0.2, 0.25) is 10.0 Å². The molecule has 1 atom stereocenters. The van der Waals surface area contributed by atoms with Crippen molar-refractivity contribution in [2.75, 3.05) is 13.1 Å². The number of aryl methyl sites for hydroxylation is 1. The van der Waals surface area contributed by atoms with Crippen LogP contribution in [-0.2, 0) is 10.0 Å². The van der Waals surface area contributed by atoms with Gasteiger partial charge in [0.05, 0.1) is 12.2 Å². The van der Waals surface area contributed by atoms with Gasteiger partial charge in [0, 0.05) is 19.3 Å². The summed E-state index contributed by atoms with van der Waals surface area (Å²) < 4.78 is 42.9. The number of rotatable bonds is 3. The molecule has 3 rings (SSSR count). The first-order chi connectivity index (χ1) is 11.0. The van der Waals surface area contributed by atoms with E-state index in [4.69, 9.17) is 0 Å². The third kappa shape index (κ3) is 3.13. The maximum atomic E-state index is 14.1. The molecule has 0 saturated carbocycles. The highest BCUT2D eigenvalue weighted by Gasteiger charge is 2.31. The van der Waals surface area contributed by atoms with Gasteiger partial charge in [-0.2, -0.15) is 4.31 Å². The Balaban J connectivity index is 1.84. The van der Waals surface area contributed by atoms with Crippen molar-refractivity contribution in [3.05, 3.63) is 42.0 Å². The highest BCUT2D eigenvalue weighted by atomic mass is 32.2. The zero-order chi connectivity index (χ0) is 16.4. The Bertz CT molecular complexity index is 757. The van der Waals surface area contributed by atoms with Gasteiger partial charge in [0.1, 0.15) is 10.7 Å². The van der Waals surface area contributed by atoms with E-state index in [1.54, 1.807) is 30.1 Å². The minimum atomic E-state index is -3.83. The second-order valence-corrected chi connectivity index (χ2v) is 7.63. The summed E-state index contributed by atoms with van der Waals surface area (Å²) in [5, 5.41) is 7.79. The molecule has 1 aliphatic heterocycles. The zero-order valence-corrected chi connectivity index (χ0v) is 13.7. The fourth-order valence-electron chi connectivity index (χ4n) is 3.04. The van der Waals surface area contributed by atoms with Crippen molar-refractivity contribution in [1.82, 2.24) is 19.3 Å². The summed E-state index contributed by atoms with van der Waals surface area (Å²) in [6.45, 7) is 2.36. The molecule has 0 spiro atoms. The van der Waals surface area contributed by atoms with Crippen LogP contribution in [0.25, 0.3) is 0 Å². The van der Waals surface area contributed by atoms with E-state index in [2.05, 4.69) is 10.3 Å². The maximum Gasteiger partial charge on any atom is 0.246 e. The van der Waals surface area contributed by atoms with Gasteiger partial charge < -0.3 is 0 Å². The van der Waals surface area contributed by atoms with Gasteiger partial charge in [-0.25, -0.2) is 17.5 Å². The average molecular weight is 338 g/mol. The second-order valence-electron chi connectivity index (χ2n) is 5.76. The van der Waals surface area contributed by atoms with Gasteiger partial charge in [-0.3, -0.25) is 0 Å². The first-order valence-corrected chi connectivity index (χ1v) is 9.05. The Morgan fingerprint density at radius 3 is 2.78 bits per heavy atom. The molecule has 2 aromatic rings. The van der Waals surface area contributed by atoms with Gasteiger partial charge in [-0.1, -0.05) is 17.3 Å². The molecule has 1 unspecified atom stereocenters. The Hall–Kier alpha value is -1.80. The van der Waals surface area contributed by atoms with Crippen LogP contribution < -0.4 is 0 Å². The van der Waals surface area contributed by atoms with Crippen LogP contribution in [0.15, 0.2) is 35.5 Å². The molecule has 1 aromatic carbocycles. The standard InChI is InChI=1S/C15H19FN4O2S/c1-12-4-2-6-14(16)15(12)23(21,22)19-9-3-5-13(7-10-19)20-11-8-17-18-20/h2,4,6,8,11,13H,3,5,7,9-10H2,1H3. The topological polar surface area (TPSA) is 68.1 Å². The van der Waals surface area contributed by atoms with Crippen molar-refractivity contribution < 1.29 is 12.8 Å². The molecule has 0 N–H and O–H groups in total. The molecule has 23 heavy (non-hydrogen) atoms. The lowest BCUT2D eigenvalue weighted by molar-refractivity contribution is 0.384. The van der Waals surface area contributed by atoms with Gasteiger partial charge in [-0.05, 0) is 37.8 Å². The van der Waals surface area contributed by atoms with Crippen molar-refractivity contribution >= 4 is 10.0 Å². The molecule has 124 valence electrons. The second kappa shape index (κ2) is 6.37. The summed E-state index contributed by atoms with van der Waals surface area (Å²) in [4.78, 5) is -0.209. The lowest BCUT2D eigenvalue weighted by Crippen LogP contribution is -2.33. The minimum absolute atomic E-state index is 0.124. The van der Waals surface area contributed by atoms with Crippen LogP contribution in [0.4, 0.5) is 4.39 Å². The molecule has 0 aliphatic carbocycles. The molecule has 1 fully saturated rings. The van der Waals surface area contributed by atoms with E-state index in [-0.39, 0.29) is 10.9 Å². The summed E-state index contributed by atoms with van der Waals surface area (Å²) in [5.41, 5.74) is 0.432. The van der Waals surface area contributed by atoms with Gasteiger partial charge in [-0.15, -0.1) is 5.10 Å². The summed E-state index contributed by atoms with van der Waals surface area (Å²) in [5.74, 6) is -0.693. The quantitative estimate of drug-likeness (QED) is 0.860. The predicted molar refractivity (Wildman–Crippen MR) is 82.8 cm³/mol. The normalized spacial score (nSPS) is 20.3. The van der Waals surface area contributed by atoms with Crippen LogP contribution in [0.3, 0.4) is 0 Å². The summed E-state index contributed by atoms with van der Waals surface area (Å²) in [6, 6.07) is 4.45. The fourth-order valence-corrected chi connectivity index (χ4v) is 4.80. The van der Waals surface area contributed by atoms with Crippen LogP contribution in [-0.4, -0.2) is 40.8 Å². The monoisotopic (exact) mass is 338 g/mol. The molecule has 0 radical (unpaired) electrons. The van der Waals surface area contributed by atoms with E-state index in [0.29, 0.717) is 31.5 Å². The number of halogens is 1. The molecule has 0 amide bonds. The van der Waals surface area contributed by atoms with Crippen LogP contribution >= 0.6 is 0 Å². The van der Waals surface area contributed by atoms with Crippen LogP contribution in [0.1, 0.15) is 30.9 Å². The zero-order valence-electron chi connectivity index (χ0n) is 12.9. The number of nitrogens with zero attached hydrogens (tertiary/aromatic N) is 4. The molecule has 2 heterocycles. The summed E-state index contributed by atoms with van der Waals surface area (Å²) in [6.07, 6.45) is 5.57. The lowest BCUT2D eigenvalue weighted by Gasteiger charge is -2.21. The Kier molecular flexibility index (Phi) is 4.45.